The summed E-state index contributed by atoms with van der Waals surface area (Å²) in [5, 5.41) is 0. The van der Waals surface area contributed by atoms with Crippen molar-refractivity contribution in [3.05, 3.63) is 35.3 Å². The van der Waals surface area contributed by atoms with Crippen molar-refractivity contribution >= 4 is 40.3 Å². The molecule has 0 spiro atoms. The number of piperazine rings is 1. The molecule has 7 nitrogen and oxygen atoms in total. The number of thiocarbonyl (C=S) groups is 1. The Labute approximate surface area is 155 Å². The van der Waals surface area contributed by atoms with Crippen LogP contribution in [0, 0.1) is 0 Å². The molecule has 25 heavy (non-hydrogen) atoms. The highest BCUT2D eigenvalue weighted by Gasteiger charge is 2.33. The summed E-state index contributed by atoms with van der Waals surface area (Å²) in [6, 6.07) is 3.60. The molecule has 0 bridgehead atoms. The summed E-state index contributed by atoms with van der Waals surface area (Å²) in [6.45, 7) is 4.95. The largest absolute Gasteiger partial charge is 0.467 e. The van der Waals surface area contributed by atoms with Crippen molar-refractivity contribution in [2.75, 3.05) is 32.8 Å². The van der Waals surface area contributed by atoms with Crippen molar-refractivity contribution in [2.45, 2.75) is 13.5 Å². The maximum atomic E-state index is 12.6. The number of ether oxygens (including phenoxy) is 1. The third kappa shape index (κ3) is 4.16. The Morgan fingerprint density at radius 1 is 1.40 bits per heavy atom. The SMILES string of the molecule is CCOC(=O)N1CCN(/C=C2\SC(=S)N(Cc3ccco3)C2=O)CC1. The fraction of sp³-hybridized carbons (Fsp3) is 0.438. The average Bonchev–Trinajstić information content (AvgIpc) is 3.20. The second kappa shape index (κ2) is 7.92. The lowest BCUT2D eigenvalue weighted by molar-refractivity contribution is -0.122. The predicted octanol–water partition coefficient (Wildman–Crippen LogP) is 2.26. The molecule has 2 aliphatic rings. The van der Waals surface area contributed by atoms with Gasteiger partial charge in [0.2, 0.25) is 0 Å². The van der Waals surface area contributed by atoms with E-state index in [9.17, 15) is 9.59 Å². The number of thioether (sulfide) groups is 1. The number of nitrogens with zero attached hydrogens (tertiary/aromatic N) is 3. The molecule has 0 aliphatic carbocycles. The summed E-state index contributed by atoms with van der Waals surface area (Å²) in [7, 11) is 0. The van der Waals surface area contributed by atoms with Gasteiger partial charge in [0.25, 0.3) is 5.91 Å². The number of carbonyl (C=O) groups is 2. The predicted molar refractivity (Wildman–Crippen MR) is 97.7 cm³/mol. The molecule has 134 valence electrons. The molecule has 0 saturated carbocycles. The van der Waals surface area contributed by atoms with Crippen LogP contribution in [0.5, 0.6) is 0 Å². The first kappa shape index (κ1) is 17.8. The molecule has 1 aromatic heterocycles. The Morgan fingerprint density at radius 3 is 2.80 bits per heavy atom. The molecule has 2 aliphatic heterocycles. The van der Waals surface area contributed by atoms with Crippen LogP contribution in [-0.4, -0.2) is 63.8 Å². The van der Waals surface area contributed by atoms with Crippen molar-refractivity contribution in [2.24, 2.45) is 0 Å². The first-order valence-corrected chi connectivity index (χ1v) is 9.24. The van der Waals surface area contributed by atoms with Crippen LogP contribution < -0.4 is 0 Å². The quantitative estimate of drug-likeness (QED) is 0.585. The molecule has 9 heteroatoms. The number of hydrogen-bond donors (Lipinski definition) is 0. The lowest BCUT2D eigenvalue weighted by atomic mass is 10.3. The van der Waals surface area contributed by atoms with Crippen molar-refractivity contribution in [1.29, 1.82) is 0 Å². The van der Waals surface area contributed by atoms with Crippen LogP contribution >= 0.6 is 24.0 Å². The minimum Gasteiger partial charge on any atom is -0.467 e. The fourth-order valence-corrected chi connectivity index (χ4v) is 3.86. The van der Waals surface area contributed by atoms with Crippen LogP contribution in [-0.2, 0) is 16.1 Å². The molecule has 3 rings (SSSR count). The smallest absolute Gasteiger partial charge is 0.409 e. The first-order valence-electron chi connectivity index (χ1n) is 8.02. The molecular weight excluding hydrogens is 362 g/mol. The highest BCUT2D eigenvalue weighted by Crippen LogP contribution is 2.32. The van der Waals surface area contributed by atoms with Gasteiger partial charge in [-0.25, -0.2) is 4.79 Å². The molecule has 3 heterocycles. The monoisotopic (exact) mass is 381 g/mol. The maximum Gasteiger partial charge on any atom is 0.409 e. The van der Waals surface area contributed by atoms with Gasteiger partial charge in [-0.15, -0.1) is 0 Å². The minimum absolute atomic E-state index is 0.112. The zero-order valence-corrected chi connectivity index (χ0v) is 15.5. The van der Waals surface area contributed by atoms with Gasteiger partial charge in [-0.1, -0.05) is 24.0 Å². The number of rotatable bonds is 4. The lowest BCUT2D eigenvalue weighted by Crippen LogP contribution is -2.47. The van der Waals surface area contributed by atoms with Crippen LogP contribution in [0.1, 0.15) is 12.7 Å². The zero-order chi connectivity index (χ0) is 17.8. The van der Waals surface area contributed by atoms with E-state index in [4.69, 9.17) is 21.4 Å². The zero-order valence-electron chi connectivity index (χ0n) is 13.8. The average molecular weight is 381 g/mol. The van der Waals surface area contributed by atoms with Crippen molar-refractivity contribution in [3.63, 3.8) is 0 Å². The van der Waals surface area contributed by atoms with E-state index in [2.05, 4.69) is 0 Å². The van der Waals surface area contributed by atoms with E-state index in [0.717, 1.165) is 0 Å². The van der Waals surface area contributed by atoms with E-state index in [1.807, 2.05) is 17.2 Å². The van der Waals surface area contributed by atoms with E-state index >= 15 is 0 Å². The maximum absolute atomic E-state index is 12.6. The third-order valence-electron chi connectivity index (χ3n) is 3.91. The van der Waals surface area contributed by atoms with Gasteiger partial charge >= 0.3 is 6.09 Å². The second-order valence-electron chi connectivity index (χ2n) is 5.55. The Balaban J connectivity index is 1.58. The molecule has 1 aromatic rings. The number of amides is 2. The summed E-state index contributed by atoms with van der Waals surface area (Å²) in [5.74, 6) is 0.583. The standard InChI is InChI=1S/C16H19N3O4S2/c1-2-22-15(21)18-7-5-17(6-8-18)11-13-14(20)19(16(24)25-13)10-12-4-3-9-23-12/h3-4,9,11H,2,5-8,10H2,1H3/b13-11-. The summed E-state index contributed by atoms with van der Waals surface area (Å²) >= 11 is 6.61. The summed E-state index contributed by atoms with van der Waals surface area (Å²) < 4.78 is 10.8. The third-order valence-corrected chi connectivity index (χ3v) is 5.27. The molecule has 2 saturated heterocycles. The van der Waals surface area contributed by atoms with Gasteiger partial charge < -0.3 is 19.0 Å². The fourth-order valence-electron chi connectivity index (χ4n) is 2.60. The lowest BCUT2D eigenvalue weighted by Gasteiger charge is -2.33. The summed E-state index contributed by atoms with van der Waals surface area (Å²) in [6.07, 6.45) is 3.13. The number of hydrogen-bond acceptors (Lipinski definition) is 7. The highest BCUT2D eigenvalue weighted by molar-refractivity contribution is 8.26. The molecule has 0 atom stereocenters. The topological polar surface area (TPSA) is 66.2 Å². The molecular formula is C16H19N3O4S2. The van der Waals surface area contributed by atoms with Gasteiger partial charge in [-0.3, -0.25) is 9.69 Å². The molecule has 0 N–H and O–H groups in total. The van der Waals surface area contributed by atoms with Gasteiger partial charge in [0.1, 0.15) is 10.1 Å². The van der Waals surface area contributed by atoms with Crippen LogP contribution in [0.4, 0.5) is 4.79 Å². The first-order chi connectivity index (χ1) is 12.1. The Kier molecular flexibility index (Phi) is 5.64. The second-order valence-corrected chi connectivity index (χ2v) is 7.23. The Hall–Kier alpha value is -2.00. The van der Waals surface area contributed by atoms with E-state index < -0.39 is 0 Å². The van der Waals surface area contributed by atoms with Crippen LogP contribution in [0.25, 0.3) is 0 Å². The number of furan rings is 1. The summed E-state index contributed by atoms with van der Waals surface area (Å²) in [4.78, 5) is 30.1. The normalized spacial score (nSPS) is 19.9. The van der Waals surface area contributed by atoms with Gasteiger partial charge in [-0.05, 0) is 19.1 Å². The molecule has 2 fully saturated rings. The Morgan fingerprint density at radius 2 is 2.16 bits per heavy atom. The van der Waals surface area contributed by atoms with Crippen LogP contribution in [0.2, 0.25) is 0 Å². The highest BCUT2D eigenvalue weighted by atomic mass is 32.2. The number of carbonyl (C=O) groups excluding carboxylic acids is 2. The summed E-state index contributed by atoms with van der Waals surface area (Å²) in [5.41, 5.74) is 0. The molecule has 2 amide bonds. The van der Waals surface area contributed by atoms with Crippen molar-refractivity contribution in [3.8, 4) is 0 Å². The molecule has 0 aromatic carbocycles. The van der Waals surface area contributed by atoms with Gasteiger partial charge in [0.15, 0.2) is 0 Å². The van der Waals surface area contributed by atoms with Gasteiger partial charge in [0, 0.05) is 32.4 Å². The minimum atomic E-state index is -0.285. The van der Waals surface area contributed by atoms with E-state index in [-0.39, 0.29) is 12.0 Å². The van der Waals surface area contributed by atoms with E-state index in [1.54, 1.807) is 29.1 Å². The van der Waals surface area contributed by atoms with E-state index in [1.165, 1.54) is 11.8 Å². The molecule has 0 radical (unpaired) electrons. The Bertz CT molecular complexity index is 682. The van der Waals surface area contributed by atoms with Crippen LogP contribution in [0.3, 0.4) is 0 Å². The van der Waals surface area contributed by atoms with E-state index in [0.29, 0.717) is 54.3 Å². The van der Waals surface area contributed by atoms with Gasteiger partial charge in [-0.2, -0.15) is 0 Å². The van der Waals surface area contributed by atoms with Crippen molar-refractivity contribution < 1.29 is 18.7 Å². The van der Waals surface area contributed by atoms with Crippen molar-refractivity contribution in [1.82, 2.24) is 14.7 Å². The molecule has 0 unspecified atom stereocenters. The van der Waals surface area contributed by atoms with Crippen LogP contribution in [0.15, 0.2) is 33.9 Å². The van der Waals surface area contributed by atoms with Gasteiger partial charge in [0.05, 0.1) is 24.3 Å².